The third-order valence-corrected chi connectivity index (χ3v) is 0.289. The Morgan fingerprint density at radius 1 is 0.579 bits per heavy atom. The smallest absolute Gasteiger partial charge is 0.542 e. The largest absolute Gasteiger partial charge is 3.00 e. The van der Waals surface area contributed by atoms with Crippen molar-refractivity contribution in [2.45, 2.75) is 0 Å². The van der Waals surface area contributed by atoms with Crippen LogP contribution in [0.25, 0.3) is 0 Å². The van der Waals surface area contributed by atoms with Crippen molar-refractivity contribution in [3.63, 3.8) is 0 Å². The van der Waals surface area contributed by atoms with Crippen LogP contribution in [0.15, 0.2) is 0 Å². The molecular weight excluding hydrogens is 365 g/mol. The van der Waals surface area contributed by atoms with Crippen molar-refractivity contribution < 1.29 is 80.0 Å². The molecule has 0 aromatic rings. The van der Waals surface area contributed by atoms with Crippen LogP contribution in [-0.2, 0) is 48.2 Å². The van der Waals surface area contributed by atoms with Gasteiger partial charge in [0.05, 0.1) is 0 Å². The van der Waals surface area contributed by atoms with Crippen LogP contribution in [0, 0.1) is 0 Å². The minimum absolute atomic E-state index is 0. The molecule has 0 rings (SSSR count). The summed E-state index contributed by atoms with van der Waals surface area (Å²) in [6.45, 7) is 0. The summed E-state index contributed by atoms with van der Waals surface area (Å²) in [5.74, 6) is -5.03. The van der Waals surface area contributed by atoms with Gasteiger partial charge in [-0.05, 0) is 0 Å². The predicted octanol–water partition coefficient (Wildman–Crippen LogP) is -8.67. The van der Waals surface area contributed by atoms with E-state index in [1.165, 1.54) is 0 Å². The summed E-state index contributed by atoms with van der Waals surface area (Å²) < 4.78 is 0. The Morgan fingerprint density at radius 3 is 0.632 bits per heavy atom. The zero-order valence-corrected chi connectivity index (χ0v) is 10.5. The number of carboxylic acids is 3. The van der Waals surface area contributed by atoms with Gasteiger partial charge in [0.2, 0.25) is 0 Å². The summed E-state index contributed by atoms with van der Waals surface area (Å²) >= 11 is 0. The van der Waals surface area contributed by atoms with Crippen LogP contribution < -0.4 is 15.3 Å². The summed E-state index contributed by atoms with van der Waals surface area (Å²) in [6, 6.07) is 0. The first-order valence-electron chi connectivity index (χ1n) is 2.80. The molecule has 0 spiro atoms. The number of aliphatic carboxylic acids is 3. The normalized spacial score (nSPS) is 5.05. The minimum atomic E-state index is -1.68. The Morgan fingerprint density at radius 2 is 0.632 bits per heavy atom. The topological polar surface area (TPSA) is 266 Å². The number of aldehydes is 3. The molecule has 13 heteroatoms. The van der Waals surface area contributed by atoms with Crippen molar-refractivity contribution in [1.82, 2.24) is 0 Å². The van der Waals surface area contributed by atoms with Gasteiger partial charge < -0.3 is 46.1 Å². The number of hydrogen-bond donors (Lipinski definition) is 0. The summed E-state index contributed by atoms with van der Waals surface area (Å²) in [5, 5.41) is 26.7. The van der Waals surface area contributed by atoms with Gasteiger partial charge in [0.1, 0.15) is 17.9 Å². The fraction of sp³-hybridized carbons (Fsp3) is 0. The molecular formula is C6H9O12Ru. The maximum atomic E-state index is 8.89. The molecule has 0 saturated carbocycles. The van der Waals surface area contributed by atoms with Gasteiger partial charge in [-0.25, -0.2) is 0 Å². The Hall–Kier alpha value is -2.08. The van der Waals surface area contributed by atoms with Crippen LogP contribution in [0.2, 0.25) is 0 Å². The van der Waals surface area contributed by atoms with E-state index in [1.807, 2.05) is 0 Å². The molecule has 0 saturated heterocycles. The molecule has 0 aliphatic carbocycles. The van der Waals surface area contributed by atoms with Gasteiger partial charge in [-0.2, -0.15) is 0 Å². The average Bonchev–Trinajstić information content (AvgIpc) is 2.19. The Balaban J connectivity index is -0.0000000206. The number of carbonyl (C=O) groups is 6. The van der Waals surface area contributed by atoms with Gasteiger partial charge in [-0.1, -0.05) is 0 Å². The minimum Gasteiger partial charge on any atom is -0.542 e. The van der Waals surface area contributed by atoms with Crippen LogP contribution in [0.4, 0.5) is 0 Å². The van der Waals surface area contributed by atoms with Crippen LogP contribution in [0.3, 0.4) is 0 Å². The van der Waals surface area contributed by atoms with Crippen molar-refractivity contribution in [1.29, 1.82) is 0 Å². The van der Waals surface area contributed by atoms with E-state index in [4.69, 9.17) is 44.1 Å². The van der Waals surface area contributed by atoms with Crippen molar-refractivity contribution in [2.75, 3.05) is 0 Å². The average molecular weight is 374 g/mol. The fourth-order valence-corrected chi connectivity index (χ4v) is 0. The molecule has 0 aromatic heterocycles. The van der Waals surface area contributed by atoms with Gasteiger partial charge in [-0.3, -0.25) is 14.4 Å². The quantitative estimate of drug-likeness (QED) is 0.257. The molecule has 0 aromatic carbocycles. The van der Waals surface area contributed by atoms with Crippen molar-refractivity contribution in [3.05, 3.63) is 0 Å². The van der Waals surface area contributed by atoms with Gasteiger partial charge in [0.15, 0.2) is 18.9 Å². The zero-order chi connectivity index (χ0) is 12.9. The molecule has 0 amide bonds. The van der Waals surface area contributed by atoms with Crippen LogP contribution in [0.1, 0.15) is 0 Å². The molecule has 19 heavy (non-hydrogen) atoms. The first kappa shape index (κ1) is 43.6. The van der Waals surface area contributed by atoms with Crippen molar-refractivity contribution in [2.24, 2.45) is 0 Å². The van der Waals surface area contributed by atoms with E-state index in [9.17, 15) is 0 Å². The van der Waals surface area contributed by atoms with E-state index in [0.717, 1.165) is 0 Å². The maximum Gasteiger partial charge on any atom is 3.00 e. The number of carboxylic acid groups (broad SMARTS) is 3. The Bertz CT molecular complexity index is 218. The second kappa shape index (κ2) is 36.0. The van der Waals surface area contributed by atoms with E-state index in [0.29, 0.717) is 0 Å². The molecule has 0 bridgehead atoms. The third-order valence-electron chi connectivity index (χ3n) is 0.289. The van der Waals surface area contributed by atoms with E-state index in [2.05, 4.69) is 0 Å². The molecule has 1 radical (unpaired) electrons. The van der Waals surface area contributed by atoms with E-state index < -0.39 is 17.9 Å². The molecule has 0 atom stereocenters. The maximum absolute atomic E-state index is 8.89. The second-order valence-electron chi connectivity index (χ2n) is 1.31. The predicted molar refractivity (Wildman–Crippen MR) is 44.1 cm³/mol. The summed E-state index contributed by atoms with van der Waals surface area (Å²) in [5.41, 5.74) is 0. The number of carbonyl (C=O) groups excluding carboxylic acids is 6. The molecule has 0 aliphatic heterocycles. The number of hydrogen-bond acceptors (Lipinski definition) is 9. The molecule has 0 aliphatic rings. The fourth-order valence-electron chi connectivity index (χ4n) is 0. The standard InChI is InChI=1S/3C2H2O3.3H2O.Ru/c3*3-1-2(4)5;;;;/h3*1H,(H,4,5);3*1H2;/q;;;;;;+3/p-3. The first-order chi connectivity index (χ1) is 6.81. The van der Waals surface area contributed by atoms with E-state index in [1.54, 1.807) is 0 Å². The molecule has 0 unspecified atom stereocenters. The van der Waals surface area contributed by atoms with E-state index >= 15 is 0 Å². The van der Waals surface area contributed by atoms with Crippen molar-refractivity contribution >= 4 is 36.8 Å². The first-order valence-corrected chi connectivity index (χ1v) is 2.80. The van der Waals surface area contributed by atoms with Crippen LogP contribution >= 0.6 is 0 Å². The third kappa shape index (κ3) is 201. The van der Waals surface area contributed by atoms with E-state index in [-0.39, 0.29) is 54.8 Å². The Kier molecular flexibility index (Phi) is 82.6. The van der Waals surface area contributed by atoms with Gasteiger partial charge in [-0.15, -0.1) is 0 Å². The van der Waals surface area contributed by atoms with Gasteiger partial charge >= 0.3 is 19.5 Å². The molecule has 113 valence electrons. The summed E-state index contributed by atoms with van der Waals surface area (Å²) in [6.07, 6.45) is -0.833. The molecule has 12 nitrogen and oxygen atoms in total. The van der Waals surface area contributed by atoms with Gasteiger partial charge in [0.25, 0.3) is 0 Å². The SMILES string of the molecule is O.O.O.O=CC(=O)[O-].O=CC(=O)[O-].O=CC(=O)[O-].[Ru+3]. The zero-order valence-electron chi connectivity index (χ0n) is 8.76. The monoisotopic (exact) mass is 375 g/mol. The second-order valence-corrected chi connectivity index (χ2v) is 1.31. The molecule has 6 N–H and O–H groups in total. The Labute approximate surface area is 117 Å². The summed E-state index contributed by atoms with van der Waals surface area (Å²) in [7, 11) is 0. The van der Waals surface area contributed by atoms with Crippen LogP contribution in [0.5, 0.6) is 0 Å². The molecule has 0 fully saturated rings. The summed E-state index contributed by atoms with van der Waals surface area (Å²) in [4.78, 5) is 53.2. The molecule has 0 heterocycles. The van der Waals surface area contributed by atoms with Gasteiger partial charge in [0, 0.05) is 0 Å². The van der Waals surface area contributed by atoms with Crippen LogP contribution in [-0.4, -0.2) is 53.2 Å². The number of rotatable bonds is 3. The van der Waals surface area contributed by atoms with Crippen molar-refractivity contribution in [3.8, 4) is 0 Å².